The van der Waals surface area contributed by atoms with Gasteiger partial charge in [0.15, 0.2) is 0 Å². The van der Waals surface area contributed by atoms with Crippen molar-refractivity contribution in [3.63, 3.8) is 0 Å². The third-order valence-electron chi connectivity index (χ3n) is 8.64. The number of rotatable bonds is 1. The summed E-state index contributed by atoms with van der Waals surface area (Å²) < 4.78 is 27.8. The van der Waals surface area contributed by atoms with Crippen molar-refractivity contribution in [2.45, 2.75) is 65.0 Å². The van der Waals surface area contributed by atoms with E-state index in [1.165, 1.54) is 23.8 Å². The fraction of sp³-hybridized carbons (Fsp3) is 0.625. The van der Waals surface area contributed by atoms with Gasteiger partial charge in [-0.2, -0.15) is 0 Å². The summed E-state index contributed by atoms with van der Waals surface area (Å²) in [4.78, 5) is 4.09. The Hall–Kier alpha value is -1.51. The molecular formula is C24H29F2N. The number of aromatic nitrogens is 1. The highest BCUT2D eigenvalue weighted by molar-refractivity contribution is 5.72. The van der Waals surface area contributed by atoms with Crippen molar-refractivity contribution in [2.24, 2.45) is 28.6 Å². The number of pyridine rings is 1. The molecule has 1 nitrogen and oxygen atoms in total. The van der Waals surface area contributed by atoms with Gasteiger partial charge in [-0.15, -0.1) is 0 Å². The van der Waals surface area contributed by atoms with Crippen LogP contribution in [0.5, 0.6) is 0 Å². The fourth-order valence-corrected chi connectivity index (χ4v) is 7.19. The van der Waals surface area contributed by atoms with Crippen molar-refractivity contribution in [1.29, 1.82) is 0 Å². The molecule has 6 unspecified atom stereocenters. The van der Waals surface area contributed by atoms with Gasteiger partial charge < -0.3 is 0 Å². The van der Waals surface area contributed by atoms with E-state index >= 15 is 0 Å². The fourth-order valence-electron chi connectivity index (χ4n) is 7.19. The third kappa shape index (κ3) is 2.49. The maximum absolute atomic E-state index is 14.0. The summed E-state index contributed by atoms with van der Waals surface area (Å²) in [6.45, 7) is 4.79. The van der Waals surface area contributed by atoms with E-state index in [2.05, 4.69) is 31.0 Å². The summed E-state index contributed by atoms with van der Waals surface area (Å²) >= 11 is 0. The zero-order chi connectivity index (χ0) is 18.8. The van der Waals surface area contributed by atoms with Gasteiger partial charge in [-0.05, 0) is 84.3 Å². The predicted octanol–water partition coefficient (Wildman–Crippen LogP) is 6.51. The van der Waals surface area contributed by atoms with Gasteiger partial charge in [0.05, 0.1) is 6.20 Å². The Bertz CT molecular complexity index is 827. The smallest absolute Gasteiger partial charge is 0.142 e. The summed E-state index contributed by atoms with van der Waals surface area (Å²) in [5, 5.41) is 0. The molecule has 0 aromatic carbocycles. The minimum Gasteiger partial charge on any atom is -0.261 e. The van der Waals surface area contributed by atoms with Crippen molar-refractivity contribution in [2.75, 3.05) is 0 Å². The van der Waals surface area contributed by atoms with Crippen LogP contribution in [-0.2, 0) is 0 Å². The van der Waals surface area contributed by atoms with Gasteiger partial charge in [0, 0.05) is 12.6 Å². The summed E-state index contributed by atoms with van der Waals surface area (Å²) in [5.41, 5.74) is 3.94. The van der Waals surface area contributed by atoms with Crippen LogP contribution in [0.15, 0.2) is 36.2 Å². The molecule has 27 heavy (non-hydrogen) atoms. The van der Waals surface area contributed by atoms with Crippen molar-refractivity contribution in [3.05, 3.63) is 47.6 Å². The van der Waals surface area contributed by atoms with Gasteiger partial charge in [0.2, 0.25) is 0 Å². The second kappa shape index (κ2) is 5.99. The topological polar surface area (TPSA) is 12.9 Å². The van der Waals surface area contributed by atoms with E-state index in [1.54, 1.807) is 6.07 Å². The first-order chi connectivity index (χ1) is 12.9. The first kappa shape index (κ1) is 17.6. The molecule has 0 saturated heterocycles. The Morgan fingerprint density at radius 1 is 1.00 bits per heavy atom. The van der Waals surface area contributed by atoms with Gasteiger partial charge in [-0.1, -0.05) is 31.6 Å². The second-order valence-electron chi connectivity index (χ2n) is 9.80. The van der Waals surface area contributed by atoms with Gasteiger partial charge in [-0.3, -0.25) is 4.98 Å². The van der Waals surface area contributed by atoms with Crippen molar-refractivity contribution in [3.8, 4) is 0 Å². The zero-order valence-corrected chi connectivity index (χ0v) is 16.3. The number of hydrogen-bond acceptors (Lipinski definition) is 1. The molecule has 3 heteroatoms. The highest BCUT2D eigenvalue weighted by Gasteiger charge is 2.56. The number of hydrogen-bond donors (Lipinski definition) is 0. The number of nitrogens with zero attached hydrogens (tertiary/aromatic N) is 1. The van der Waals surface area contributed by atoms with E-state index in [0.29, 0.717) is 24.2 Å². The van der Waals surface area contributed by atoms with Crippen LogP contribution >= 0.6 is 0 Å². The lowest BCUT2D eigenvalue weighted by atomic mass is 9.47. The van der Waals surface area contributed by atoms with Crippen LogP contribution < -0.4 is 0 Å². The molecule has 0 aliphatic heterocycles. The monoisotopic (exact) mass is 369 g/mol. The van der Waals surface area contributed by atoms with E-state index in [-0.39, 0.29) is 16.6 Å². The van der Waals surface area contributed by atoms with E-state index in [0.717, 1.165) is 37.7 Å². The molecule has 0 radical (unpaired) electrons. The molecule has 0 spiro atoms. The lowest BCUT2D eigenvalue weighted by Gasteiger charge is -2.57. The predicted molar refractivity (Wildman–Crippen MR) is 104 cm³/mol. The average Bonchev–Trinajstić information content (AvgIpc) is 2.99. The Labute approximate surface area is 161 Å². The molecule has 1 heterocycles. The minimum atomic E-state index is -0.644. The van der Waals surface area contributed by atoms with Gasteiger partial charge in [0.1, 0.15) is 12.0 Å². The third-order valence-corrected chi connectivity index (χ3v) is 8.64. The molecule has 0 bridgehead atoms. The molecule has 5 rings (SSSR count). The molecule has 4 aliphatic carbocycles. The molecule has 1 aromatic heterocycles. The van der Waals surface area contributed by atoms with Crippen molar-refractivity contribution < 1.29 is 8.78 Å². The summed E-state index contributed by atoms with van der Waals surface area (Å²) in [6.07, 6.45) is 14.1. The molecule has 6 atom stereocenters. The molecule has 4 aliphatic rings. The SMILES string of the molecule is CC12CCC(F)CC1=CCC1C2CCC2(C)C(c3cncc(F)c3)=CCC12. The van der Waals surface area contributed by atoms with Crippen LogP contribution in [0.25, 0.3) is 5.57 Å². The summed E-state index contributed by atoms with van der Waals surface area (Å²) in [5.74, 6) is 1.67. The second-order valence-corrected chi connectivity index (χ2v) is 9.80. The molecular weight excluding hydrogens is 340 g/mol. The van der Waals surface area contributed by atoms with E-state index in [1.807, 2.05) is 6.20 Å². The number of halogens is 2. The van der Waals surface area contributed by atoms with Crippen LogP contribution in [0.3, 0.4) is 0 Å². The summed E-state index contributed by atoms with van der Waals surface area (Å²) in [7, 11) is 0. The highest BCUT2D eigenvalue weighted by atomic mass is 19.1. The quantitative estimate of drug-likeness (QED) is 0.514. The van der Waals surface area contributed by atoms with E-state index in [9.17, 15) is 8.78 Å². The van der Waals surface area contributed by atoms with E-state index in [4.69, 9.17) is 0 Å². The summed E-state index contributed by atoms with van der Waals surface area (Å²) in [6, 6.07) is 1.64. The Morgan fingerprint density at radius 3 is 2.63 bits per heavy atom. The van der Waals surface area contributed by atoms with Crippen LogP contribution in [0.2, 0.25) is 0 Å². The number of alkyl halides is 1. The Morgan fingerprint density at radius 2 is 1.81 bits per heavy atom. The van der Waals surface area contributed by atoms with Gasteiger partial charge in [-0.25, -0.2) is 8.78 Å². The first-order valence-electron chi connectivity index (χ1n) is 10.6. The molecule has 0 amide bonds. The normalized spacial score (nSPS) is 43.3. The van der Waals surface area contributed by atoms with Crippen molar-refractivity contribution >= 4 is 5.57 Å². The molecule has 144 valence electrons. The lowest BCUT2D eigenvalue weighted by Crippen LogP contribution is -2.49. The average molecular weight is 369 g/mol. The lowest BCUT2D eigenvalue weighted by molar-refractivity contribution is -0.0165. The molecule has 2 saturated carbocycles. The van der Waals surface area contributed by atoms with Gasteiger partial charge in [0.25, 0.3) is 0 Å². The Balaban J connectivity index is 1.48. The first-order valence-corrected chi connectivity index (χ1v) is 10.6. The Kier molecular flexibility index (Phi) is 3.90. The van der Waals surface area contributed by atoms with Gasteiger partial charge >= 0.3 is 0 Å². The zero-order valence-electron chi connectivity index (χ0n) is 16.3. The number of fused-ring (bicyclic) bond motifs is 5. The number of allylic oxidation sites excluding steroid dienone is 4. The standard InChI is InChI=1S/C24H29F2N/c1-23-9-7-17(25)12-16(23)3-4-19-21-6-5-20(15-11-18(26)14-27-13-15)24(21,2)10-8-22(19)23/h3,5,11,13-14,17,19,21-22H,4,6-10,12H2,1-2H3. The van der Waals surface area contributed by atoms with Crippen LogP contribution in [0, 0.1) is 34.4 Å². The van der Waals surface area contributed by atoms with Crippen LogP contribution in [0.1, 0.15) is 64.4 Å². The maximum Gasteiger partial charge on any atom is 0.142 e. The largest absolute Gasteiger partial charge is 0.261 e. The minimum absolute atomic E-state index is 0.107. The maximum atomic E-state index is 14.0. The highest BCUT2D eigenvalue weighted by Crippen LogP contribution is 2.66. The molecule has 1 aromatic rings. The van der Waals surface area contributed by atoms with Crippen LogP contribution in [-0.4, -0.2) is 11.2 Å². The van der Waals surface area contributed by atoms with Crippen molar-refractivity contribution in [1.82, 2.24) is 4.98 Å². The van der Waals surface area contributed by atoms with Crippen LogP contribution in [0.4, 0.5) is 8.78 Å². The molecule has 2 fully saturated rings. The molecule has 0 N–H and O–H groups in total. The van der Waals surface area contributed by atoms with E-state index < -0.39 is 6.17 Å².